The lowest BCUT2D eigenvalue weighted by Gasteiger charge is -2.10. The van der Waals surface area contributed by atoms with E-state index in [-0.39, 0.29) is 5.91 Å². The fourth-order valence-corrected chi connectivity index (χ4v) is 1.99. The van der Waals surface area contributed by atoms with E-state index in [9.17, 15) is 4.79 Å². The number of aromatic nitrogens is 1. The Balaban J connectivity index is 2.13. The number of nitrogen functional groups attached to an aromatic ring is 1. The summed E-state index contributed by atoms with van der Waals surface area (Å²) in [5.41, 5.74) is 8.47. The predicted octanol–water partition coefficient (Wildman–Crippen LogP) is 2.56. The molecular weight excluding hydrogens is 262 g/mol. The normalized spacial score (nSPS) is 10.2. The van der Waals surface area contributed by atoms with Gasteiger partial charge in [0.05, 0.1) is 10.6 Å². The number of nitrogens with zero attached hydrogens (tertiary/aromatic N) is 1. The van der Waals surface area contributed by atoms with Crippen LogP contribution >= 0.6 is 11.6 Å². The standard InChI is InChI=1S/C14H14ClN3O/c1-9-5-6-17-7-10(9)8-18-14(19)13-11(15)3-2-4-12(13)16/h2-7H,8,16H2,1H3,(H,18,19). The molecule has 1 heterocycles. The van der Waals surface area contributed by atoms with Gasteiger partial charge in [-0.2, -0.15) is 0 Å². The highest BCUT2D eigenvalue weighted by atomic mass is 35.5. The Labute approximate surface area is 116 Å². The van der Waals surface area contributed by atoms with E-state index in [1.807, 2.05) is 13.0 Å². The van der Waals surface area contributed by atoms with Crippen molar-refractivity contribution in [3.05, 3.63) is 58.4 Å². The van der Waals surface area contributed by atoms with Crippen LogP contribution in [0.3, 0.4) is 0 Å². The lowest BCUT2D eigenvalue weighted by atomic mass is 10.1. The van der Waals surface area contributed by atoms with E-state index in [2.05, 4.69) is 10.3 Å². The molecule has 2 aromatic rings. The number of hydrogen-bond acceptors (Lipinski definition) is 3. The zero-order valence-corrected chi connectivity index (χ0v) is 11.2. The second kappa shape index (κ2) is 5.71. The number of carbonyl (C=O) groups excluding carboxylic acids is 1. The smallest absolute Gasteiger partial charge is 0.255 e. The number of anilines is 1. The Morgan fingerprint density at radius 3 is 2.89 bits per heavy atom. The molecule has 1 amide bonds. The van der Waals surface area contributed by atoms with Gasteiger partial charge in [0.15, 0.2) is 0 Å². The summed E-state index contributed by atoms with van der Waals surface area (Å²) in [6.07, 6.45) is 3.44. The highest BCUT2D eigenvalue weighted by Gasteiger charge is 2.13. The number of amides is 1. The van der Waals surface area contributed by atoms with Crippen LogP contribution in [0.4, 0.5) is 5.69 Å². The number of rotatable bonds is 3. The van der Waals surface area contributed by atoms with Crippen LogP contribution in [0.15, 0.2) is 36.7 Å². The quantitative estimate of drug-likeness (QED) is 0.846. The van der Waals surface area contributed by atoms with Gasteiger partial charge < -0.3 is 11.1 Å². The molecule has 0 saturated heterocycles. The van der Waals surface area contributed by atoms with Gasteiger partial charge in [-0.1, -0.05) is 17.7 Å². The molecule has 0 atom stereocenters. The molecule has 0 unspecified atom stereocenters. The monoisotopic (exact) mass is 275 g/mol. The maximum atomic E-state index is 12.1. The molecule has 0 fully saturated rings. The van der Waals surface area contributed by atoms with Gasteiger partial charge in [0.25, 0.3) is 5.91 Å². The molecule has 98 valence electrons. The Bertz CT molecular complexity index is 593. The SMILES string of the molecule is Cc1ccncc1CNC(=O)c1c(N)cccc1Cl. The van der Waals surface area contributed by atoms with Gasteiger partial charge in [-0.25, -0.2) is 0 Å². The molecule has 3 N–H and O–H groups in total. The van der Waals surface area contributed by atoms with Crippen LogP contribution in [0.5, 0.6) is 0 Å². The molecule has 0 spiro atoms. The van der Waals surface area contributed by atoms with Crippen LogP contribution in [-0.2, 0) is 6.54 Å². The molecule has 0 aliphatic heterocycles. The summed E-state index contributed by atoms with van der Waals surface area (Å²) in [5.74, 6) is -0.286. The van der Waals surface area contributed by atoms with Crippen molar-refractivity contribution in [3.63, 3.8) is 0 Å². The summed E-state index contributed by atoms with van der Waals surface area (Å²) in [6.45, 7) is 2.36. The molecule has 2 rings (SSSR count). The molecule has 0 radical (unpaired) electrons. The summed E-state index contributed by atoms with van der Waals surface area (Å²) < 4.78 is 0. The number of aryl methyl sites for hydroxylation is 1. The van der Waals surface area contributed by atoms with Crippen molar-refractivity contribution in [3.8, 4) is 0 Å². The Morgan fingerprint density at radius 1 is 1.42 bits per heavy atom. The molecule has 5 heteroatoms. The zero-order chi connectivity index (χ0) is 13.8. The average molecular weight is 276 g/mol. The molecule has 0 aliphatic rings. The minimum atomic E-state index is -0.286. The summed E-state index contributed by atoms with van der Waals surface area (Å²) >= 11 is 5.98. The third kappa shape index (κ3) is 3.03. The van der Waals surface area contributed by atoms with E-state index in [0.717, 1.165) is 11.1 Å². The van der Waals surface area contributed by atoms with Crippen molar-refractivity contribution in [1.82, 2.24) is 10.3 Å². The van der Waals surface area contributed by atoms with Crippen LogP contribution < -0.4 is 11.1 Å². The van der Waals surface area contributed by atoms with Gasteiger partial charge >= 0.3 is 0 Å². The summed E-state index contributed by atoms with van der Waals surface area (Å²) in [4.78, 5) is 16.1. The zero-order valence-electron chi connectivity index (χ0n) is 10.5. The largest absolute Gasteiger partial charge is 0.398 e. The van der Waals surface area contributed by atoms with E-state index in [4.69, 9.17) is 17.3 Å². The van der Waals surface area contributed by atoms with Crippen LogP contribution in [0.25, 0.3) is 0 Å². The van der Waals surface area contributed by atoms with Gasteiger partial charge in [0, 0.05) is 24.6 Å². The minimum Gasteiger partial charge on any atom is -0.398 e. The molecule has 1 aromatic carbocycles. The number of carbonyl (C=O) groups is 1. The van der Waals surface area contributed by atoms with E-state index in [1.165, 1.54) is 0 Å². The predicted molar refractivity (Wildman–Crippen MR) is 76.0 cm³/mol. The number of halogens is 1. The Morgan fingerprint density at radius 2 is 2.21 bits per heavy atom. The third-order valence-electron chi connectivity index (χ3n) is 2.86. The fraction of sp³-hybridized carbons (Fsp3) is 0.143. The third-order valence-corrected chi connectivity index (χ3v) is 3.17. The van der Waals surface area contributed by atoms with E-state index in [1.54, 1.807) is 30.6 Å². The number of nitrogens with one attached hydrogen (secondary N) is 1. The number of hydrogen-bond donors (Lipinski definition) is 2. The lowest BCUT2D eigenvalue weighted by molar-refractivity contribution is 0.0952. The maximum absolute atomic E-state index is 12.1. The van der Waals surface area contributed by atoms with Crippen LogP contribution in [0.2, 0.25) is 5.02 Å². The van der Waals surface area contributed by atoms with Gasteiger partial charge in [0.1, 0.15) is 0 Å². The van der Waals surface area contributed by atoms with Crippen LogP contribution in [-0.4, -0.2) is 10.9 Å². The first-order valence-corrected chi connectivity index (χ1v) is 6.19. The van der Waals surface area contributed by atoms with Crippen molar-refractivity contribution in [2.45, 2.75) is 13.5 Å². The first-order valence-electron chi connectivity index (χ1n) is 5.81. The highest BCUT2D eigenvalue weighted by Crippen LogP contribution is 2.21. The Hall–Kier alpha value is -2.07. The van der Waals surface area contributed by atoms with Crippen molar-refractivity contribution in [2.24, 2.45) is 0 Å². The number of pyridine rings is 1. The molecule has 0 saturated carbocycles. The average Bonchev–Trinajstić information content (AvgIpc) is 2.37. The summed E-state index contributed by atoms with van der Waals surface area (Å²) in [6, 6.07) is 6.89. The number of nitrogens with two attached hydrogens (primary N) is 1. The molecular formula is C14H14ClN3O. The van der Waals surface area contributed by atoms with E-state index < -0.39 is 0 Å². The van der Waals surface area contributed by atoms with Crippen molar-refractivity contribution < 1.29 is 4.79 Å². The topological polar surface area (TPSA) is 68.0 Å². The maximum Gasteiger partial charge on any atom is 0.255 e. The van der Waals surface area contributed by atoms with Crippen LogP contribution in [0, 0.1) is 6.92 Å². The van der Waals surface area contributed by atoms with E-state index >= 15 is 0 Å². The first kappa shape index (κ1) is 13.4. The summed E-state index contributed by atoms with van der Waals surface area (Å²) in [5, 5.41) is 3.14. The Kier molecular flexibility index (Phi) is 4.02. The van der Waals surface area contributed by atoms with Gasteiger partial charge in [0.2, 0.25) is 0 Å². The first-order chi connectivity index (χ1) is 9.09. The van der Waals surface area contributed by atoms with Crippen molar-refractivity contribution in [1.29, 1.82) is 0 Å². The van der Waals surface area contributed by atoms with Gasteiger partial charge in [-0.05, 0) is 36.2 Å². The molecule has 0 bridgehead atoms. The van der Waals surface area contributed by atoms with Crippen molar-refractivity contribution in [2.75, 3.05) is 5.73 Å². The highest BCUT2D eigenvalue weighted by molar-refractivity contribution is 6.34. The minimum absolute atomic E-state index is 0.286. The molecule has 1 aromatic heterocycles. The van der Waals surface area contributed by atoms with E-state index in [0.29, 0.717) is 22.8 Å². The summed E-state index contributed by atoms with van der Waals surface area (Å²) in [7, 11) is 0. The lowest BCUT2D eigenvalue weighted by Crippen LogP contribution is -2.24. The van der Waals surface area contributed by atoms with Gasteiger partial charge in [-0.15, -0.1) is 0 Å². The molecule has 4 nitrogen and oxygen atoms in total. The van der Waals surface area contributed by atoms with Gasteiger partial charge in [-0.3, -0.25) is 9.78 Å². The number of benzene rings is 1. The second-order valence-corrected chi connectivity index (χ2v) is 4.60. The fourth-order valence-electron chi connectivity index (χ4n) is 1.73. The molecule has 19 heavy (non-hydrogen) atoms. The van der Waals surface area contributed by atoms with Crippen LogP contribution in [0.1, 0.15) is 21.5 Å². The molecule has 0 aliphatic carbocycles. The van der Waals surface area contributed by atoms with Crippen molar-refractivity contribution >= 4 is 23.2 Å². The second-order valence-electron chi connectivity index (χ2n) is 4.19.